The Balaban J connectivity index is 1.56. The van der Waals surface area contributed by atoms with Gasteiger partial charge in [0.1, 0.15) is 5.69 Å². The van der Waals surface area contributed by atoms with Crippen molar-refractivity contribution in [2.45, 2.75) is 33.4 Å². The second kappa shape index (κ2) is 8.03. The molecule has 28 heavy (non-hydrogen) atoms. The molecular formula is C24H24N2OS. The van der Waals surface area contributed by atoms with E-state index < -0.39 is 0 Å². The van der Waals surface area contributed by atoms with Crippen molar-refractivity contribution in [3.8, 4) is 0 Å². The highest BCUT2D eigenvalue weighted by Crippen LogP contribution is 2.29. The summed E-state index contributed by atoms with van der Waals surface area (Å²) >= 11 is 1.74. The number of thiophene rings is 1. The number of fused-ring (bicyclic) bond motifs is 1. The number of hydrogen-bond donors (Lipinski definition) is 1. The average Bonchev–Trinajstić information content (AvgIpc) is 3.21. The maximum absolute atomic E-state index is 13.0. The Morgan fingerprint density at radius 2 is 1.75 bits per heavy atom. The van der Waals surface area contributed by atoms with Gasteiger partial charge in [-0.25, -0.2) is 0 Å². The van der Waals surface area contributed by atoms with Gasteiger partial charge in [0.15, 0.2) is 0 Å². The van der Waals surface area contributed by atoms with E-state index in [1.165, 1.54) is 20.7 Å². The van der Waals surface area contributed by atoms with E-state index in [9.17, 15) is 4.79 Å². The lowest BCUT2D eigenvalue weighted by molar-refractivity contribution is 0.0942. The summed E-state index contributed by atoms with van der Waals surface area (Å²) < 4.78 is 3.34. The van der Waals surface area contributed by atoms with Gasteiger partial charge in [-0.3, -0.25) is 4.79 Å². The highest BCUT2D eigenvalue weighted by atomic mass is 32.1. The molecule has 0 radical (unpaired) electrons. The van der Waals surface area contributed by atoms with Crippen LogP contribution in [0.2, 0.25) is 0 Å². The van der Waals surface area contributed by atoms with E-state index in [0.29, 0.717) is 6.54 Å². The van der Waals surface area contributed by atoms with Gasteiger partial charge in [0.05, 0.1) is 10.2 Å². The van der Waals surface area contributed by atoms with Gasteiger partial charge in [0.25, 0.3) is 5.91 Å². The number of benzene rings is 2. The third kappa shape index (κ3) is 4.02. The molecule has 2 aromatic heterocycles. The second-order valence-corrected chi connectivity index (χ2v) is 8.48. The standard InChI is InChI=1S/C24H24N2OS/c1-17-7-6-10-20(13-17)16-25-24(27)22-15-23-21(14-18(2)28-23)26(22)12-11-19-8-4-3-5-9-19/h3-10,13-15H,11-12,16H2,1-2H3,(H,25,27). The van der Waals surface area contributed by atoms with Crippen LogP contribution in [0.15, 0.2) is 66.7 Å². The second-order valence-electron chi connectivity index (χ2n) is 7.20. The number of nitrogens with zero attached hydrogens (tertiary/aromatic N) is 1. The highest BCUT2D eigenvalue weighted by Gasteiger charge is 2.17. The summed E-state index contributed by atoms with van der Waals surface area (Å²) in [7, 11) is 0. The summed E-state index contributed by atoms with van der Waals surface area (Å²) in [5.74, 6) is -0.0179. The number of carbonyl (C=O) groups excluding carboxylic acids is 1. The van der Waals surface area contributed by atoms with Crippen LogP contribution in [-0.2, 0) is 19.5 Å². The maximum atomic E-state index is 13.0. The zero-order valence-corrected chi connectivity index (χ0v) is 17.1. The molecule has 0 bridgehead atoms. The van der Waals surface area contributed by atoms with Gasteiger partial charge >= 0.3 is 0 Å². The van der Waals surface area contributed by atoms with Crippen LogP contribution >= 0.6 is 11.3 Å². The normalized spacial score (nSPS) is 11.1. The van der Waals surface area contributed by atoms with Crippen LogP contribution in [0, 0.1) is 13.8 Å². The summed E-state index contributed by atoms with van der Waals surface area (Å²) in [5, 5.41) is 3.09. The summed E-state index contributed by atoms with van der Waals surface area (Å²) in [6.07, 6.45) is 0.900. The van der Waals surface area contributed by atoms with E-state index >= 15 is 0 Å². The fourth-order valence-electron chi connectivity index (χ4n) is 3.57. The van der Waals surface area contributed by atoms with E-state index in [1.54, 1.807) is 11.3 Å². The Bertz CT molecular complexity index is 1110. The topological polar surface area (TPSA) is 34.0 Å². The molecule has 0 unspecified atom stereocenters. The van der Waals surface area contributed by atoms with Crippen molar-refractivity contribution in [3.63, 3.8) is 0 Å². The zero-order valence-electron chi connectivity index (χ0n) is 16.2. The average molecular weight is 389 g/mol. The predicted molar refractivity (Wildman–Crippen MR) is 117 cm³/mol. The van der Waals surface area contributed by atoms with Crippen LogP contribution < -0.4 is 5.32 Å². The Morgan fingerprint density at radius 1 is 0.964 bits per heavy atom. The van der Waals surface area contributed by atoms with Crippen LogP contribution in [0.25, 0.3) is 10.2 Å². The molecule has 4 rings (SSSR count). The van der Waals surface area contributed by atoms with Crippen LogP contribution in [-0.4, -0.2) is 10.5 Å². The van der Waals surface area contributed by atoms with Gasteiger partial charge in [0.2, 0.25) is 0 Å². The molecular weight excluding hydrogens is 364 g/mol. The van der Waals surface area contributed by atoms with E-state index in [0.717, 1.165) is 29.7 Å². The summed E-state index contributed by atoms with van der Waals surface area (Å²) in [5.41, 5.74) is 5.49. The lowest BCUT2D eigenvalue weighted by atomic mass is 10.1. The molecule has 2 aromatic carbocycles. The number of carbonyl (C=O) groups is 1. The largest absolute Gasteiger partial charge is 0.347 e. The minimum absolute atomic E-state index is 0.0179. The van der Waals surface area contributed by atoms with Crippen molar-refractivity contribution >= 4 is 27.5 Å². The molecule has 0 atom stereocenters. The van der Waals surface area contributed by atoms with Crippen LogP contribution in [0.3, 0.4) is 0 Å². The molecule has 0 fully saturated rings. The van der Waals surface area contributed by atoms with Gasteiger partial charge in [0, 0.05) is 18.0 Å². The first-order valence-electron chi connectivity index (χ1n) is 9.57. The predicted octanol–water partition coefficient (Wildman–Crippen LogP) is 5.49. The number of nitrogens with one attached hydrogen (secondary N) is 1. The lowest BCUT2D eigenvalue weighted by Crippen LogP contribution is -2.25. The quantitative estimate of drug-likeness (QED) is 0.465. The van der Waals surface area contributed by atoms with E-state index in [-0.39, 0.29) is 5.91 Å². The number of aryl methyl sites for hydroxylation is 4. The van der Waals surface area contributed by atoms with Crippen LogP contribution in [0.1, 0.15) is 32.1 Å². The van der Waals surface area contributed by atoms with Crippen LogP contribution in [0.5, 0.6) is 0 Å². The van der Waals surface area contributed by atoms with Crippen molar-refractivity contribution in [2.24, 2.45) is 0 Å². The van der Waals surface area contributed by atoms with Gasteiger partial charge in [-0.1, -0.05) is 60.2 Å². The van der Waals surface area contributed by atoms with E-state index in [1.807, 2.05) is 24.3 Å². The van der Waals surface area contributed by atoms with Crippen molar-refractivity contribution in [2.75, 3.05) is 0 Å². The van der Waals surface area contributed by atoms with Crippen molar-refractivity contribution in [3.05, 3.63) is 94.0 Å². The smallest absolute Gasteiger partial charge is 0.268 e. The molecule has 3 nitrogen and oxygen atoms in total. The molecule has 0 saturated carbocycles. The van der Waals surface area contributed by atoms with Gasteiger partial charge in [-0.2, -0.15) is 0 Å². The Labute approximate surface area is 169 Å². The molecule has 0 aliphatic heterocycles. The minimum atomic E-state index is -0.0179. The van der Waals surface area contributed by atoms with Gasteiger partial charge in [-0.15, -0.1) is 11.3 Å². The summed E-state index contributed by atoms with van der Waals surface area (Å²) in [6.45, 7) is 5.51. The molecule has 0 spiro atoms. The number of hydrogen-bond acceptors (Lipinski definition) is 2. The zero-order chi connectivity index (χ0) is 19.5. The fraction of sp³-hybridized carbons (Fsp3) is 0.208. The molecule has 0 aliphatic carbocycles. The Kier molecular flexibility index (Phi) is 5.31. The molecule has 0 saturated heterocycles. The number of rotatable bonds is 6. The fourth-order valence-corrected chi connectivity index (χ4v) is 4.54. The summed E-state index contributed by atoms with van der Waals surface area (Å²) in [4.78, 5) is 14.2. The molecule has 0 aliphatic rings. The lowest BCUT2D eigenvalue weighted by Gasteiger charge is -2.11. The monoisotopic (exact) mass is 388 g/mol. The van der Waals surface area contributed by atoms with Crippen molar-refractivity contribution in [1.29, 1.82) is 0 Å². The SMILES string of the molecule is Cc1cccc(CNC(=O)c2cc3sc(C)cc3n2CCc2ccccc2)c1. The molecule has 2 heterocycles. The first-order chi connectivity index (χ1) is 13.6. The first kappa shape index (κ1) is 18.5. The molecule has 4 heteroatoms. The molecule has 1 N–H and O–H groups in total. The Hall–Kier alpha value is -2.85. The van der Waals surface area contributed by atoms with Gasteiger partial charge < -0.3 is 9.88 Å². The van der Waals surface area contributed by atoms with Crippen LogP contribution in [0.4, 0.5) is 0 Å². The number of amides is 1. The first-order valence-corrected chi connectivity index (χ1v) is 10.4. The third-order valence-electron chi connectivity index (χ3n) is 4.95. The third-order valence-corrected chi connectivity index (χ3v) is 5.93. The summed E-state index contributed by atoms with van der Waals surface area (Å²) in [6, 6.07) is 22.9. The van der Waals surface area contributed by atoms with E-state index in [4.69, 9.17) is 0 Å². The molecule has 4 aromatic rings. The van der Waals surface area contributed by atoms with Crippen molar-refractivity contribution < 1.29 is 4.79 Å². The molecule has 1 amide bonds. The van der Waals surface area contributed by atoms with Crippen molar-refractivity contribution in [1.82, 2.24) is 9.88 Å². The Morgan fingerprint density at radius 3 is 2.54 bits per heavy atom. The molecule has 142 valence electrons. The highest BCUT2D eigenvalue weighted by molar-refractivity contribution is 7.19. The van der Waals surface area contributed by atoms with E-state index in [2.05, 4.69) is 66.2 Å². The minimum Gasteiger partial charge on any atom is -0.347 e. The number of aromatic nitrogens is 1. The van der Waals surface area contributed by atoms with Gasteiger partial charge in [-0.05, 0) is 43.5 Å². The maximum Gasteiger partial charge on any atom is 0.268 e.